The van der Waals surface area contributed by atoms with Crippen LogP contribution in [-0.4, -0.2) is 53.1 Å². The summed E-state index contributed by atoms with van der Waals surface area (Å²) >= 11 is 6.00. The lowest BCUT2D eigenvalue weighted by Crippen LogP contribution is -2.45. The van der Waals surface area contributed by atoms with Crippen LogP contribution in [-0.2, 0) is 19.6 Å². The second kappa shape index (κ2) is 11.8. The van der Waals surface area contributed by atoms with E-state index in [2.05, 4.69) is 20.4 Å². The van der Waals surface area contributed by atoms with Crippen LogP contribution in [0, 0.1) is 0 Å². The van der Waals surface area contributed by atoms with Gasteiger partial charge in [-0.05, 0) is 53.1 Å². The molecule has 0 bridgehead atoms. The molecule has 3 N–H and O–H groups in total. The van der Waals surface area contributed by atoms with Crippen molar-refractivity contribution in [2.75, 3.05) is 31.5 Å². The molecule has 1 saturated heterocycles. The maximum atomic E-state index is 12.5. The highest BCUT2D eigenvalue weighted by atomic mass is 35.5. The summed E-state index contributed by atoms with van der Waals surface area (Å²) in [5, 5.41) is 14.7. The molecule has 0 radical (unpaired) electrons. The van der Waals surface area contributed by atoms with Gasteiger partial charge in [-0.15, -0.1) is 0 Å². The molecule has 2 amide bonds. The molecular formula is C27H29ClN4O3. The number of nitrogens with zero attached hydrogens (tertiary/aromatic N) is 2. The fourth-order valence-electron chi connectivity index (χ4n) is 4.13. The molecule has 0 aromatic heterocycles. The van der Waals surface area contributed by atoms with Crippen molar-refractivity contribution in [3.8, 4) is 0 Å². The number of benzene rings is 3. The van der Waals surface area contributed by atoms with E-state index in [0.29, 0.717) is 22.8 Å². The van der Waals surface area contributed by atoms with Gasteiger partial charge in [0.15, 0.2) is 0 Å². The summed E-state index contributed by atoms with van der Waals surface area (Å²) in [6, 6.07) is 22.8. The van der Waals surface area contributed by atoms with E-state index in [4.69, 9.17) is 16.7 Å². The first kappa shape index (κ1) is 24.7. The number of anilines is 1. The molecule has 1 aliphatic heterocycles. The number of carboxylic acid groups (broad SMARTS) is 1. The second-order valence-electron chi connectivity index (χ2n) is 8.69. The Morgan fingerprint density at radius 1 is 0.800 bits per heavy atom. The highest BCUT2D eigenvalue weighted by Crippen LogP contribution is 2.15. The molecule has 0 saturated carbocycles. The van der Waals surface area contributed by atoms with Crippen molar-refractivity contribution >= 4 is 29.3 Å². The number of nitrogens with one attached hydrogen (secondary N) is 2. The first-order chi connectivity index (χ1) is 16.9. The predicted octanol–water partition coefficient (Wildman–Crippen LogP) is 4.68. The highest BCUT2D eigenvalue weighted by molar-refractivity contribution is 6.30. The van der Waals surface area contributed by atoms with Crippen LogP contribution in [0.3, 0.4) is 0 Å². The van der Waals surface area contributed by atoms with Crippen LogP contribution in [0.2, 0.25) is 5.02 Å². The number of piperazine rings is 1. The van der Waals surface area contributed by atoms with Crippen molar-refractivity contribution < 1.29 is 14.7 Å². The van der Waals surface area contributed by atoms with Crippen molar-refractivity contribution in [2.45, 2.75) is 19.6 Å². The van der Waals surface area contributed by atoms with Crippen molar-refractivity contribution in [1.82, 2.24) is 15.1 Å². The normalized spacial score (nSPS) is 14.4. The molecule has 8 heteroatoms. The van der Waals surface area contributed by atoms with Gasteiger partial charge in [0.05, 0.1) is 0 Å². The van der Waals surface area contributed by atoms with Gasteiger partial charge in [-0.1, -0.05) is 48.0 Å². The van der Waals surface area contributed by atoms with Gasteiger partial charge in [-0.25, -0.2) is 4.79 Å². The zero-order valence-electron chi connectivity index (χ0n) is 19.4. The van der Waals surface area contributed by atoms with E-state index < -0.39 is 6.09 Å². The average molecular weight is 493 g/mol. The Labute approximate surface area is 210 Å². The smallest absolute Gasteiger partial charge is 0.409 e. The molecule has 182 valence electrons. The number of hydrogen-bond donors (Lipinski definition) is 3. The number of carbonyl (C=O) groups excluding carboxylic acids is 1. The van der Waals surface area contributed by atoms with Crippen molar-refractivity contribution in [2.24, 2.45) is 0 Å². The maximum Gasteiger partial charge on any atom is 0.409 e. The monoisotopic (exact) mass is 492 g/mol. The number of amides is 2. The molecule has 3 aromatic rings. The molecule has 1 fully saturated rings. The molecule has 0 spiro atoms. The zero-order valence-corrected chi connectivity index (χ0v) is 20.2. The summed E-state index contributed by atoms with van der Waals surface area (Å²) in [7, 11) is 0. The molecular weight excluding hydrogens is 464 g/mol. The second-order valence-corrected chi connectivity index (χ2v) is 9.13. The number of rotatable bonds is 8. The number of carbonyl (C=O) groups is 2. The molecule has 0 atom stereocenters. The minimum atomic E-state index is -1.06. The van der Waals surface area contributed by atoms with Crippen molar-refractivity contribution in [3.63, 3.8) is 0 Å². The molecule has 35 heavy (non-hydrogen) atoms. The van der Waals surface area contributed by atoms with Gasteiger partial charge in [0.1, 0.15) is 0 Å². The lowest BCUT2D eigenvalue weighted by atomic mass is 10.1. The lowest BCUT2D eigenvalue weighted by molar-refractivity contribution is 0.0950. The predicted molar refractivity (Wildman–Crippen MR) is 138 cm³/mol. The third kappa shape index (κ3) is 7.55. The van der Waals surface area contributed by atoms with Crippen LogP contribution in [0.5, 0.6) is 0 Å². The standard InChI is InChI=1S/C27H29ClN4O3/c28-24-3-1-2-22(16-24)17-29-26(33)23-8-4-20(5-9-23)18-31-12-14-32(15-13-31)19-21-6-10-25(11-7-21)30-27(34)35/h1-11,16,30H,12-15,17-19H2,(H,29,33)(H,34,35). The Morgan fingerprint density at radius 2 is 1.37 bits per heavy atom. The fraction of sp³-hybridized carbons (Fsp3) is 0.259. The SMILES string of the molecule is O=C(O)Nc1ccc(CN2CCN(Cc3ccc(C(=O)NCc4cccc(Cl)c4)cc3)CC2)cc1. The van der Waals surface area contributed by atoms with Crippen molar-refractivity contribution in [3.05, 3.63) is 100 Å². The van der Waals surface area contributed by atoms with Gasteiger partial charge in [-0.2, -0.15) is 0 Å². The van der Waals surface area contributed by atoms with E-state index in [1.165, 1.54) is 11.1 Å². The Hall–Kier alpha value is -3.39. The maximum absolute atomic E-state index is 12.5. The molecule has 0 aliphatic carbocycles. The summed E-state index contributed by atoms with van der Waals surface area (Å²) in [5.74, 6) is -0.100. The van der Waals surface area contributed by atoms with E-state index in [0.717, 1.165) is 44.8 Å². The third-order valence-corrected chi connectivity index (χ3v) is 6.28. The summed E-state index contributed by atoms with van der Waals surface area (Å²) in [4.78, 5) is 28.0. The van der Waals surface area contributed by atoms with Gasteiger partial charge in [-0.3, -0.25) is 19.9 Å². The first-order valence-corrected chi connectivity index (χ1v) is 12.0. The van der Waals surface area contributed by atoms with Gasteiger partial charge >= 0.3 is 6.09 Å². The Bertz CT molecular complexity index is 1140. The number of hydrogen-bond acceptors (Lipinski definition) is 4. The topological polar surface area (TPSA) is 84.9 Å². The van der Waals surface area contributed by atoms with Gasteiger partial charge < -0.3 is 10.4 Å². The number of halogens is 1. The molecule has 1 heterocycles. The van der Waals surface area contributed by atoms with Crippen molar-refractivity contribution in [1.29, 1.82) is 0 Å². The zero-order chi connectivity index (χ0) is 24.6. The van der Waals surface area contributed by atoms with Gasteiger partial charge in [0, 0.05) is 62.1 Å². The fourth-order valence-corrected chi connectivity index (χ4v) is 4.34. The third-order valence-electron chi connectivity index (χ3n) is 6.04. The largest absolute Gasteiger partial charge is 0.465 e. The van der Waals surface area contributed by atoms with E-state index in [9.17, 15) is 9.59 Å². The Kier molecular flexibility index (Phi) is 8.36. The lowest BCUT2D eigenvalue weighted by Gasteiger charge is -2.34. The van der Waals surface area contributed by atoms with Crippen LogP contribution in [0.15, 0.2) is 72.8 Å². The average Bonchev–Trinajstić information content (AvgIpc) is 2.85. The quantitative estimate of drug-likeness (QED) is 0.425. The Balaban J connectivity index is 1.20. The van der Waals surface area contributed by atoms with Crippen LogP contribution in [0.25, 0.3) is 0 Å². The van der Waals surface area contributed by atoms with Crippen LogP contribution in [0.4, 0.5) is 10.5 Å². The summed E-state index contributed by atoms with van der Waals surface area (Å²) < 4.78 is 0. The minimum Gasteiger partial charge on any atom is -0.465 e. The van der Waals surface area contributed by atoms with Gasteiger partial charge in [0.2, 0.25) is 0 Å². The molecule has 4 rings (SSSR count). The van der Waals surface area contributed by atoms with Crippen LogP contribution in [0.1, 0.15) is 27.0 Å². The van der Waals surface area contributed by atoms with E-state index >= 15 is 0 Å². The summed E-state index contributed by atoms with van der Waals surface area (Å²) in [6.45, 7) is 6.03. The molecule has 1 aliphatic rings. The van der Waals surface area contributed by atoms with Gasteiger partial charge in [0.25, 0.3) is 5.91 Å². The first-order valence-electron chi connectivity index (χ1n) is 11.6. The highest BCUT2D eigenvalue weighted by Gasteiger charge is 2.17. The van der Waals surface area contributed by atoms with E-state index in [1.54, 1.807) is 12.1 Å². The van der Waals surface area contributed by atoms with E-state index in [-0.39, 0.29) is 5.91 Å². The molecule has 0 unspecified atom stereocenters. The summed E-state index contributed by atoms with van der Waals surface area (Å²) in [6.07, 6.45) is -1.06. The Morgan fingerprint density at radius 3 is 1.91 bits per heavy atom. The molecule has 7 nitrogen and oxygen atoms in total. The van der Waals surface area contributed by atoms with Crippen LogP contribution < -0.4 is 10.6 Å². The minimum absolute atomic E-state index is 0.100. The van der Waals surface area contributed by atoms with Crippen LogP contribution >= 0.6 is 11.6 Å². The molecule has 3 aromatic carbocycles. The van der Waals surface area contributed by atoms with E-state index in [1.807, 2.05) is 60.7 Å². The summed E-state index contributed by atoms with van der Waals surface area (Å²) in [5.41, 5.74) is 4.54.